The summed E-state index contributed by atoms with van der Waals surface area (Å²) >= 11 is 0. The van der Waals surface area contributed by atoms with Gasteiger partial charge in [-0.15, -0.1) is 0 Å². The van der Waals surface area contributed by atoms with Gasteiger partial charge in [-0.05, 0) is 35.2 Å². The van der Waals surface area contributed by atoms with Crippen molar-refractivity contribution >= 4 is 12.1 Å². The Labute approximate surface area is 153 Å². The van der Waals surface area contributed by atoms with E-state index in [-0.39, 0.29) is 12.5 Å². The highest BCUT2D eigenvalue weighted by Crippen LogP contribution is 2.18. The molecule has 3 aromatic carbocycles. The van der Waals surface area contributed by atoms with Gasteiger partial charge in [-0.1, -0.05) is 72.8 Å². The predicted octanol–water partition coefficient (Wildman–Crippen LogP) is 4.19. The van der Waals surface area contributed by atoms with Crippen LogP contribution in [0.2, 0.25) is 0 Å². The van der Waals surface area contributed by atoms with Gasteiger partial charge in [0, 0.05) is 0 Å². The Hall–Kier alpha value is -3.40. The molecule has 0 unspecified atom stereocenters. The van der Waals surface area contributed by atoms with Crippen molar-refractivity contribution in [2.45, 2.75) is 6.92 Å². The van der Waals surface area contributed by atoms with Crippen LogP contribution in [0.4, 0.5) is 0 Å². The molecular formula is C22H20N2O2. The van der Waals surface area contributed by atoms with Gasteiger partial charge in [-0.25, -0.2) is 5.43 Å². The summed E-state index contributed by atoms with van der Waals surface area (Å²) in [6.45, 7) is 1.86. The zero-order chi connectivity index (χ0) is 18.2. The van der Waals surface area contributed by atoms with E-state index in [9.17, 15) is 4.79 Å². The van der Waals surface area contributed by atoms with Gasteiger partial charge in [0.2, 0.25) is 0 Å². The van der Waals surface area contributed by atoms with E-state index in [2.05, 4.69) is 22.7 Å². The number of benzene rings is 3. The number of carbonyl (C=O) groups is 1. The van der Waals surface area contributed by atoms with Crippen molar-refractivity contribution in [3.05, 3.63) is 90.0 Å². The molecule has 0 aliphatic heterocycles. The van der Waals surface area contributed by atoms with E-state index in [4.69, 9.17) is 4.74 Å². The number of hydrazone groups is 1. The van der Waals surface area contributed by atoms with Gasteiger partial charge < -0.3 is 4.74 Å². The number of nitrogens with zero attached hydrogens (tertiary/aromatic N) is 1. The van der Waals surface area contributed by atoms with Crippen molar-refractivity contribution in [1.29, 1.82) is 0 Å². The first-order chi connectivity index (χ1) is 12.7. The van der Waals surface area contributed by atoms with Crippen LogP contribution < -0.4 is 10.2 Å². The molecule has 0 saturated heterocycles. The zero-order valence-electron chi connectivity index (χ0n) is 14.6. The summed E-state index contributed by atoms with van der Waals surface area (Å²) < 4.78 is 5.48. The van der Waals surface area contributed by atoms with Crippen molar-refractivity contribution < 1.29 is 9.53 Å². The molecule has 0 aliphatic carbocycles. The van der Waals surface area contributed by atoms with Crippen LogP contribution in [0, 0.1) is 6.92 Å². The maximum atomic E-state index is 11.8. The van der Waals surface area contributed by atoms with E-state index in [0.29, 0.717) is 5.75 Å². The third-order valence-electron chi connectivity index (χ3n) is 3.87. The maximum absolute atomic E-state index is 11.8. The fourth-order valence-electron chi connectivity index (χ4n) is 2.46. The molecule has 0 aromatic heterocycles. The standard InChI is InChI=1S/C22H20N2O2/c1-17-7-5-6-10-21(17)26-16-22(25)24-23-15-18-11-13-20(14-12-18)19-8-3-2-4-9-19/h2-15H,16H2,1H3,(H,24,25). The van der Waals surface area contributed by atoms with E-state index in [1.807, 2.05) is 73.7 Å². The maximum Gasteiger partial charge on any atom is 0.277 e. The Kier molecular flexibility index (Phi) is 5.78. The lowest BCUT2D eigenvalue weighted by atomic mass is 10.0. The van der Waals surface area contributed by atoms with Crippen LogP contribution in [0.15, 0.2) is 84.0 Å². The molecule has 3 aromatic rings. The molecule has 0 radical (unpaired) electrons. The molecular weight excluding hydrogens is 324 g/mol. The third kappa shape index (κ3) is 4.80. The molecule has 0 spiro atoms. The summed E-state index contributed by atoms with van der Waals surface area (Å²) in [6.07, 6.45) is 1.61. The molecule has 4 heteroatoms. The average Bonchev–Trinajstić information content (AvgIpc) is 2.69. The summed E-state index contributed by atoms with van der Waals surface area (Å²) in [5.41, 5.74) is 6.67. The minimum atomic E-state index is -0.301. The highest BCUT2D eigenvalue weighted by Gasteiger charge is 2.03. The van der Waals surface area contributed by atoms with Crippen molar-refractivity contribution in [3.8, 4) is 16.9 Å². The van der Waals surface area contributed by atoms with E-state index < -0.39 is 0 Å². The normalized spacial score (nSPS) is 10.7. The molecule has 0 saturated carbocycles. The monoisotopic (exact) mass is 344 g/mol. The first kappa shape index (κ1) is 17.4. The lowest BCUT2D eigenvalue weighted by molar-refractivity contribution is -0.123. The molecule has 0 atom stereocenters. The van der Waals surface area contributed by atoms with Crippen molar-refractivity contribution in [1.82, 2.24) is 5.43 Å². The molecule has 0 heterocycles. The fraction of sp³-hybridized carbons (Fsp3) is 0.0909. The topological polar surface area (TPSA) is 50.7 Å². The van der Waals surface area contributed by atoms with Gasteiger partial charge in [0.15, 0.2) is 6.61 Å². The van der Waals surface area contributed by atoms with Crippen LogP contribution in [0.25, 0.3) is 11.1 Å². The molecule has 26 heavy (non-hydrogen) atoms. The smallest absolute Gasteiger partial charge is 0.277 e. The summed E-state index contributed by atoms with van der Waals surface area (Å²) in [6, 6.07) is 25.7. The molecule has 0 aliphatic rings. The van der Waals surface area contributed by atoms with Gasteiger partial charge in [-0.2, -0.15) is 5.10 Å². The molecule has 3 rings (SSSR count). The lowest BCUT2D eigenvalue weighted by Gasteiger charge is -2.07. The van der Waals surface area contributed by atoms with Gasteiger partial charge in [0.25, 0.3) is 5.91 Å². The summed E-state index contributed by atoms with van der Waals surface area (Å²) in [5, 5.41) is 3.97. The van der Waals surface area contributed by atoms with Crippen molar-refractivity contribution in [2.75, 3.05) is 6.61 Å². The molecule has 130 valence electrons. The molecule has 4 nitrogen and oxygen atoms in total. The Morgan fingerprint density at radius 3 is 2.31 bits per heavy atom. The minimum Gasteiger partial charge on any atom is -0.483 e. The first-order valence-electron chi connectivity index (χ1n) is 8.38. The van der Waals surface area contributed by atoms with Crippen LogP contribution >= 0.6 is 0 Å². The summed E-state index contributed by atoms with van der Waals surface area (Å²) in [7, 11) is 0. The number of carbonyl (C=O) groups excluding carboxylic acids is 1. The zero-order valence-corrected chi connectivity index (χ0v) is 14.6. The Bertz CT molecular complexity index is 888. The Morgan fingerprint density at radius 1 is 0.923 bits per heavy atom. The van der Waals surface area contributed by atoms with E-state index in [1.165, 1.54) is 0 Å². The fourth-order valence-corrected chi connectivity index (χ4v) is 2.46. The highest BCUT2D eigenvalue weighted by molar-refractivity contribution is 5.83. The second-order valence-corrected chi connectivity index (χ2v) is 5.84. The first-order valence-corrected chi connectivity index (χ1v) is 8.38. The SMILES string of the molecule is Cc1ccccc1OCC(=O)NN=Cc1ccc(-c2ccccc2)cc1. The van der Waals surface area contributed by atoms with Crippen LogP contribution in [0.5, 0.6) is 5.75 Å². The summed E-state index contributed by atoms with van der Waals surface area (Å²) in [4.78, 5) is 11.8. The molecule has 0 fully saturated rings. The number of aryl methyl sites for hydroxylation is 1. The van der Waals surface area contributed by atoms with Crippen LogP contribution in [-0.2, 0) is 4.79 Å². The number of hydrogen-bond acceptors (Lipinski definition) is 3. The Morgan fingerprint density at radius 2 is 1.58 bits per heavy atom. The van der Waals surface area contributed by atoms with E-state index >= 15 is 0 Å². The number of nitrogens with one attached hydrogen (secondary N) is 1. The number of rotatable bonds is 6. The molecule has 1 amide bonds. The predicted molar refractivity (Wildman–Crippen MR) is 104 cm³/mol. The number of para-hydroxylation sites is 1. The second-order valence-electron chi connectivity index (χ2n) is 5.84. The Balaban J connectivity index is 1.50. The van der Waals surface area contributed by atoms with Gasteiger partial charge in [0.1, 0.15) is 5.75 Å². The highest BCUT2D eigenvalue weighted by atomic mass is 16.5. The average molecular weight is 344 g/mol. The van der Waals surface area contributed by atoms with Crippen LogP contribution in [-0.4, -0.2) is 18.7 Å². The van der Waals surface area contributed by atoms with Gasteiger partial charge in [-0.3, -0.25) is 4.79 Å². The van der Waals surface area contributed by atoms with Crippen LogP contribution in [0.3, 0.4) is 0 Å². The largest absolute Gasteiger partial charge is 0.483 e. The van der Waals surface area contributed by atoms with Gasteiger partial charge in [0.05, 0.1) is 6.21 Å². The van der Waals surface area contributed by atoms with Crippen molar-refractivity contribution in [3.63, 3.8) is 0 Å². The number of amides is 1. The minimum absolute atomic E-state index is 0.0743. The van der Waals surface area contributed by atoms with Gasteiger partial charge >= 0.3 is 0 Å². The second kappa shape index (κ2) is 8.62. The summed E-state index contributed by atoms with van der Waals surface area (Å²) in [5.74, 6) is 0.397. The lowest BCUT2D eigenvalue weighted by Crippen LogP contribution is -2.24. The molecule has 1 N–H and O–H groups in total. The third-order valence-corrected chi connectivity index (χ3v) is 3.87. The molecule has 0 bridgehead atoms. The number of ether oxygens (including phenoxy) is 1. The quantitative estimate of drug-likeness (QED) is 0.538. The van der Waals surface area contributed by atoms with Crippen LogP contribution in [0.1, 0.15) is 11.1 Å². The number of hydrogen-bond donors (Lipinski definition) is 1. The van der Waals surface area contributed by atoms with E-state index in [0.717, 1.165) is 22.3 Å². The van der Waals surface area contributed by atoms with Crippen molar-refractivity contribution in [2.24, 2.45) is 5.10 Å². The van der Waals surface area contributed by atoms with E-state index in [1.54, 1.807) is 6.21 Å².